The van der Waals surface area contributed by atoms with Gasteiger partial charge in [-0.3, -0.25) is 0 Å². The normalized spacial score (nSPS) is 14.3. The number of nitrogens with one attached hydrogen (secondary N) is 2. The number of benzene rings is 1. The summed E-state index contributed by atoms with van der Waals surface area (Å²) in [4.78, 5) is 11.9. The van der Waals surface area contributed by atoms with E-state index in [-0.39, 0.29) is 11.6 Å². The minimum absolute atomic E-state index is 0.229. The van der Waals surface area contributed by atoms with Crippen molar-refractivity contribution in [3.05, 3.63) is 34.9 Å². The van der Waals surface area contributed by atoms with Crippen molar-refractivity contribution in [2.75, 3.05) is 6.54 Å². The zero-order valence-corrected chi connectivity index (χ0v) is 16.5. The van der Waals surface area contributed by atoms with Crippen LogP contribution in [0.15, 0.2) is 24.3 Å². The lowest BCUT2D eigenvalue weighted by Gasteiger charge is -2.33. The van der Waals surface area contributed by atoms with Crippen molar-refractivity contribution < 1.29 is 9.53 Å². The molecular formula is C19H31ClN2O2. The Labute approximate surface area is 151 Å². The van der Waals surface area contributed by atoms with E-state index in [1.807, 2.05) is 45.0 Å². The van der Waals surface area contributed by atoms with Crippen molar-refractivity contribution >= 4 is 17.7 Å². The highest BCUT2D eigenvalue weighted by Crippen LogP contribution is 2.18. The van der Waals surface area contributed by atoms with Gasteiger partial charge >= 0.3 is 6.09 Å². The average Bonchev–Trinajstić information content (AvgIpc) is 2.41. The lowest BCUT2D eigenvalue weighted by atomic mass is 9.90. The largest absolute Gasteiger partial charge is 0.444 e. The number of hydrogen-bond donors (Lipinski definition) is 2. The van der Waals surface area contributed by atoms with E-state index in [9.17, 15) is 4.79 Å². The van der Waals surface area contributed by atoms with E-state index in [0.29, 0.717) is 19.0 Å². The molecule has 5 heteroatoms. The average molecular weight is 355 g/mol. The Morgan fingerprint density at radius 2 is 1.92 bits per heavy atom. The van der Waals surface area contributed by atoms with E-state index in [4.69, 9.17) is 16.3 Å². The number of carbonyl (C=O) groups excluding carboxylic acids is 1. The van der Waals surface area contributed by atoms with Crippen LogP contribution in [0.2, 0.25) is 5.02 Å². The third-order valence-corrected chi connectivity index (χ3v) is 3.72. The molecule has 0 fully saturated rings. The summed E-state index contributed by atoms with van der Waals surface area (Å²) >= 11 is 6.04. The molecule has 0 aromatic heterocycles. The second-order valence-corrected chi connectivity index (χ2v) is 8.43. The minimum atomic E-state index is -0.493. The van der Waals surface area contributed by atoms with E-state index >= 15 is 0 Å². The van der Waals surface area contributed by atoms with Gasteiger partial charge in [0.2, 0.25) is 0 Å². The third-order valence-electron chi connectivity index (χ3n) is 3.49. The fourth-order valence-electron chi connectivity index (χ4n) is 2.65. The van der Waals surface area contributed by atoms with Crippen molar-refractivity contribution in [1.29, 1.82) is 0 Å². The van der Waals surface area contributed by atoms with Gasteiger partial charge in [0.15, 0.2) is 0 Å². The third kappa shape index (κ3) is 8.55. The molecule has 1 atom stereocenters. The lowest BCUT2D eigenvalue weighted by molar-refractivity contribution is 0.0507. The van der Waals surface area contributed by atoms with Gasteiger partial charge in [0.05, 0.1) is 0 Å². The summed E-state index contributed by atoms with van der Waals surface area (Å²) in [6.45, 7) is 13.2. The van der Waals surface area contributed by atoms with E-state index in [1.165, 1.54) is 0 Å². The summed E-state index contributed by atoms with van der Waals surface area (Å²) in [7, 11) is 0. The molecule has 2 N–H and O–H groups in total. The van der Waals surface area contributed by atoms with E-state index in [0.717, 1.165) is 17.0 Å². The molecule has 0 aliphatic carbocycles. The van der Waals surface area contributed by atoms with Crippen LogP contribution in [0.25, 0.3) is 0 Å². The lowest BCUT2D eigenvalue weighted by Crippen LogP contribution is -2.52. The number of ether oxygens (including phenoxy) is 1. The van der Waals surface area contributed by atoms with Gasteiger partial charge in [0, 0.05) is 23.7 Å². The topological polar surface area (TPSA) is 50.4 Å². The molecule has 1 aromatic carbocycles. The van der Waals surface area contributed by atoms with Crippen molar-refractivity contribution in [3.8, 4) is 0 Å². The molecule has 24 heavy (non-hydrogen) atoms. The first kappa shape index (κ1) is 20.8. The van der Waals surface area contributed by atoms with Crippen LogP contribution >= 0.6 is 11.6 Å². The fourth-order valence-corrected chi connectivity index (χ4v) is 2.86. The minimum Gasteiger partial charge on any atom is -0.444 e. The molecule has 0 bridgehead atoms. The second kappa shape index (κ2) is 8.72. The van der Waals surface area contributed by atoms with Crippen LogP contribution < -0.4 is 10.6 Å². The maximum absolute atomic E-state index is 11.9. The van der Waals surface area contributed by atoms with Crippen molar-refractivity contribution in [2.45, 2.75) is 65.6 Å². The first-order valence-corrected chi connectivity index (χ1v) is 8.83. The number of rotatable bonds is 7. The molecule has 1 amide bonds. The van der Waals surface area contributed by atoms with E-state index < -0.39 is 5.60 Å². The molecule has 0 spiro atoms. The highest BCUT2D eigenvalue weighted by Gasteiger charge is 2.27. The van der Waals surface area contributed by atoms with Gasteiger partial charge in [-0.05, 0) is 57.7 Å². The fraction of sp³-hybridized carbons (Fsp3) is 0.632. The van der Waals surface area contributed by atoms with Gasteiger partial charge in [0.1, 0.15) is 5.60 Å². The molecule has 0 heterocycles. The van der Waals surface area contributed by atoms with Crippen molar-refractivity contribution in [1.82, 2.24) is 10.6 Å². The Balaban J connectivity index is 2.66. The molecule has 1 unspecified atom stereocenters. The van der Waals surface area contributed by atoms with Crippen LogP contribution in [-0.4, -0.2) is 23.8 Å². The molecule has 0 aliphatic rings. The van der Waals surface area contributed by atoms with Gasteiger partial charge in [-0.15, -0.1) is 0 Å². The molecule has 1 aromatic rings. The summed E-state index contributed by atoms with van der Waals surface area (Å²) in [5.41, 5.74) is 0.398. The van der Waals surface area contributed by atoms with Crippen LogP contribution in [0.3, 0.4) is 0 Å². The molecule has 0 aliphatic heterocycles. The smallest absolute Gasteiger partial charge is 0.407 e. The molecular weight excluding hydrogens is 324 g/mol. The standard InChI is InChI=1S/C19H31ClN2O2/c1-14(2)11-19(6,13-21-17(23)24-18(3,4)5)22-12-15-8-7-9-16(20)10-15/h7-10,14,22H,11-13H2,1-6H3,(H,21,23). The van der Waals surface area contributed by atoms with Crippen LogP contribution in [0.1, 0.15) is 53.5 Å². The summed E-state index contributed by atoms with van der Waals surface area (Å²) in [6.07, 6.45) is 0.547. The highest BCUT2D eigenvalue weighted by atomic mass is 35.5. The first-order valence-electron chi connectivity index (χ1n) is 8.45. The number of amides is 1. The van der Waals surface area contributed by atoms with Crippen molar-refractivity contribution in [3.63, 3.8) is 0 Å². The first-order chi connectivity index (χ1) is 11.0. The molecule has 0 radical (unpaired) electrons. The number of hydrogen-bond acceptors (Lipinski definition) is 3. The Hall–Kier alpha value is -1.26. The number of carbonyl (C=O) groups is 1. The van der Waals surface area contributed by atoms with E-state index in [2.05, 4.69) is 31.4 Å². The number of halogens is 1. The Kier molecular flexibility index (Phi) is 7.56. The Bertz CT molecular complexity index is 540. The van der Waals surface area contributed by atoms with Crippen LogP contribution in [0, 0.1) is 5.92 Å². The maximum Gasteiger partial charge on any atom is 0.407 e. The summed E-state index contributed by atoms with van der Waals surface area (Å²) in [6, 6.07) is 7.79. The molecule has 1 rings (SSSR count). The molecule has 136 valence electrons. The summed E-state index contributed by atoms with van der Waals surface area (Å²) < 4.78 is 5.32. The summed E-state index contributed by atoms with van der Waals surface area (Å²) in [5, 5.41) is 7.17. The van der Waals surface area contributed by atoms with E-state index in [1.54, 1.807) is 0 Å². The zero-order valence-electron chi connectivity index (χ0n) is 15.7. The van der Waals surface area contributed by atoms with Gasteiger partial charge < -0.3 is 15.4 Å². The van der Waals surface area contributed by atoms with Gasteiger partial charge in [0.25, 0.3) is 0 Å². The monoisotopic (exact) mass is 354 g/mol. The zero-order chi connectivity index (χ0) is 18.4. The second-order valence-electron chi connectivity index (χ2n) is 8.00. The van der Waals surface area contributed by atoms with Crippen molar-refractivity contribution in [2.24, 2.45) is 5.92 Å². The molecule has 0 saturated heterocycles. The highest BCUT2D eigenvalue weighted by molar-refractivity contribution is 6.30. The molecule has 4 nitrogen and oxygen atoms in total. The SMILES string of the molecule is CC(C)CC(C)(CNC(=O)OC(C)(C)C)NCc1cccc(Cl)c1. The quantitative estimate of drug-likeness (QED) is 0.742. The van der Waals surface area contributed by atoms with Gasteiger partial charge in [-0.2, -0.15) is 0 Å². The van der Waals surface area contributed by atoms with Crippen LogP contribution in [0.5, 0.6) is 0 Å². The molecule has 0 saturated carbocycles. The summed E-state index contributed by atoms with van der Waals surface area (Å²) in [5.74, 6) is 0.502. The van der Waals surface area contributed by atoms with Crippen LogP contribution in [-0.2, 0) is 11.3 Å². The Morgan fingerprint density at radius 3 is 2.46 bits per heavy atom. The van der Waals surface area contributed by atoms with Gasteiger partial charge in [-0.25, -0.2) is 4.79 Å². The number of alkyl carbamates (subject to hydrolysis) is 1. The predicted octanol–water partition coefficient (Wildman–Crippen LogP) is 4.76. The Morgan fingerprint density at radius 1 is 1.25 bits per heavy atom. The van der Waals surface area contributed by atoms with Crippen LogP contribution in [0.4, 0.5) is 4.79 Å². The maximum atomic E-state index is 11.9. The predicted molar refractivity (Wildman–Crippen MR) is 100 cm³/mol. The van der Waals surface area contributed by atoms with Gasteiger partial charge in [-0.1, -0.05) is 37.6 Å².